The molecule has 1 unspecified atom stereocenters. The highest BCUT2D eigenvalue weighted by atomic mass is 16.5. The molecule has 1 fully saturated rings. The molecule has 2 aromatic carbocycles. The van der Waals surface area contributed by atoms with Crippen molar-refractivity contribution in [1.82, 2.24) is 15.6 Å². The summed E-state index contributed by atoms with van der Waals surface area (Å²) >= 11 is 0. The Labute approximate surface area is 209 Å². The summed E-state index contributed by atoms with van der Waals surface area (Å²) in [6, 6.07) is 17.3. The first kappa shape index (κ1) is 23.4. The Balaban J connectivity index is 1.28. The molecular formula is C28H26N4O4. The molecule has 1 saturated heterocycles. The second kappa shape index (κ2) is 10.5. The van der Waals surface area contributed by atoms with Gasteiger partial charge in [0.05, 0.1) is 11.7 Å². The van der Waals surface area contributed by atoms with E-state index in [-0.39, 0.29) is 24.2 Å². The molecule has 2 atom stereocenters. The van der Waals surface area contributed by atoms with E-state index in [9.17, 15) is 9.59 Å². The number of hydrogen-bond donors (Lipinski definition) is 2. The van der Waals surface area contributed by atoms with Crippen molar-refractivity contribution < 1.29 is 19.1 Å². The molecular weight excluding hydrogens is 456 g/mol. The Kier molecular flexibility index (Phi) is 6.83. The summed E-state index contributed by atoms with van der Waals surface area (Å²) in [5, 5.41) is 6.10. The molecule has 1 aromatic heterocycles. The van der Waals surface area contributed by atoms with Gasteiger partial charge in [-0.25, -0.2) is 0 Å². The summed E-state index contributed by atoms with van der Waals surface area (Å²) in [5.74, 6) is 7.31. The number of carbonyl (C=O) groups is 2. The lowest BCUT2D eigenvalue weighted by molar-refractivity contribution is -0.120. The minimum atomic E-state index is -0.882. The molecule has 8 nitrogen and oxygen atoms in total. The lowest BCUT2D eigenvalue weighted by Gasteiger charge is -2.20. The number of para-hydroxylation sites is 1. The third kappa shape index (κ3) is 5.32. The molecule has 36 heavy (non-hydrogen) atoms. The van der Waals surface area contributed by atoms with Crippen molar-refractivity contribution in [1.29, 1.82) is 0 Å². The largest absolute Gasteiger partial charge is 0.489 e. The molecule has 0 bridgehead atoms. The number of fused-ring (bicyclic) bond motifs is 1. The molecule has 182 valence electrons. The van der Waals surface area contributed by atoms with E-state index in [2.05, 4.69) is 27.5 Å². The maximum atomic E-state index is 13.2. The Morgan fingerprint density at radius 3 is 2.83 bits per heavy atom. The van der Waals surface area contributed by atoms with Gasteiger partial charge in [-0.1, -0.05) is 30.0 Å². The van der Waals surface area contributed by atoms with Gasteiger partial charge in [0.25, 0.3) is 11.8 Å². The van der Waals surface area contributed by atoms with Gasteiger partial charge in [-0.15, -0.1) is 0 Å². The van der Waals surface area contributed by atoms with Gasteiger partial charge in [0.15, 0.2) is 0 Å². The number of carbonyl (C=O) groups excluding carboxylic acids is 2. The summed E-state index contributed by atoms with van der Waals surface area (Å²) in [7, 11) is 1.66. The van der Waals surface area contributed by atoms with Crippen LogP contribution in [-0.2, 0) is 4.79 Å². The molecule has 3 aromatic rings. The van der Waals surface area contributed by atoms with Crippen LogP contribution in [0.1, 0.15) is 28.9 Å². The van der Waals surface area contributed by atoms with Gasteiger partial charge in [0.1, 0.15) is 35.6 Å². The summed E-state index contributed by atoms with van der Waals surface area (Å²) in [6.45, 7) is 0.987. The summed E-state index contributed by atoms with van der Waals surface area (Å²) in [5.41, 5.74) is 1.55. The highest BCUT2D eigenvalue weighted by Gasteiger charge is 2.31. The fourth-order valence-electron chi connectivity index (χ4n) is 4.11. The molecule has 2 aliphatic rings. The van der Waals surface area contributed by atoms with Crippen molar-refractivity contribution in [3.63, 3.8) is 0 Å². The maximum absolute atomic E-state index is 13.2. The standard InChI is InChI=1S/C28H26N4O4/c1-32-25-16-19(9-11-20-6-5-14-29-20)10-12-26(25)35-18-24(28(32)34)31-27(33)23-17-22(13-15-30-23)36-21-7-3-2-4-8-21/h2-4,7-8,10,12-13,15-17,20,24,29H,5-6,14,18H2,1H3,(H,31,33)/t20?,24-/m1/s1. The van der Waals surface area contributed by atoms with Crippen LogP contribution >= 0.6 is 0 Å². The number of rotatable bonds is 4. The lowest BCUT2D eigenvalue weighted by atomic mass is 10.1. The van der Waals surface area contributed by atoms with Crippen LogP contribution < -0.4 is 25.0 Å². The Bertz CT molecular complexity index is 1330. The minimum absolute atomic E-state index is 0.000854. The normalized spacial score (nSPS) is 18.8. The topological polar surface area (TPSA) is 92.8 Å². The predicted octanol–water partition coefficient (Wildman–Crippen LogP) is 3.13. The van der Waals surface area contributed by atoms with Gasteiger partial charge >= 0.3 is 0 Å². The molecule has 5 rings (SSSR count). The third-order valence-corrected chi connectivity index (χ3v) is 6.05. The van der Waals surface area contributed by atoms with E-state index >= 15 is 0 Å². The molecule has 2 amide bonds. The summed E-state index contributed by atoms with van der Waals surface area (Å²) < 4.78 is 11.7. The Hall–Kier alpha value is -4.35. The molecule has 0 spiro atoms. The number of anilines is 1. The van der Waals surface area contributed by atoms with Crippen LogP contribution in [0.5, 0.6) is 17.2 Å². The molecule has 8 heteroatoms. The van der Waals surface area contributed by atoms with Crippen molar-refractivity contribution in [2.24, 2.45) is 0 Å². The number of ether oxygens (including phenoxy) is 2. The van der Waals surface area contributed by atoms with E-state index in [1.54, 1.807) is 19.2 Å². The summed E-state index contributed by atoms with van der Waals surface area (Å²) in [4.78, 5) is 31.8. The van der Waals surface area contributed by atoms with Gasteiger partial charge in [-0.3, -0.25) is 14.6 Å². The van der Waals surface area contributed by atoms with Crippen LogP contribution in [-0.4, -0.2) is 49.1 Å². The van der Waals surface area contributed by atoms with Crippen molar-refractivity contribution in [3.8, 4) is 29.1 Å². The SMILES string of the molecule is CN1C(=O)[C@H](NC(=O)c2cc(Oc3ccccc3)ccn2)COc2ccc(C#CC3CCCN3)cc21. The van der Waals surface area contributed by atoms with Gasteiger partial charge in [-0.2, -0.15) is 0 Å². The van der Waals surface area contributed by atoms with Gasteiger partial charge in [0.2, 0.25) is 0 Å². The lowest BCUT2D eigenvalue weighted by Crippen LogP contribution is -2.49. The molecule has 0 saturated carbocycles. The number of likely N-dealkylation sites (N-methyl/N-ethyl adjacent to an activating group) is 1. The highest BCUT2D eigenvalue weighted by molar-refractivity contribution is 6.03. The van der Waals surface area contributed by atoms with Crippen molar-refractivity contribution >= 4 is 17.5 Å². The zero-order chi connectivity index (χ0) is 24.9. The smallest absolute Gasteiger partial charge is 0.270 e. The Morgan fingerprint density at radius 1 is 1.17 bits per heavy atom. The number of nitrogens with zero attached hydrogens (tertiary/aromatic N) is 2. The highest BCUT2D eigenvalue weighted by Crippen LogP contribution is 2.31. The van der Waals surface area contributed by atoms with Gasteiger partial charge in [0, 0.05) is 24.9 Å². The van der Waals surface area contributed by atoms with Crippen LogP contribution in [0, 0.1) is 11.8 Å². The zero-order valence-corrected chi connectivity index (χ0v) is 19.9. The molecule has 0 radical (unpaired) electrons. The minimum Gasteiger partial charge on any atom is -0.489 e. The van der Waals surface area contributed by atoms with E-state index in [0.29, 0.717) is 22.9 Å². The number of hydrogen-bond acceptors (Lipinski definition) is 6. The summed E-state index contributed by atoms with van der Waals surface area (Å²) in [6.07, 6.45) is 3.66. The average molecular weight is 483 g/mol. The van der Waals surface area contributed by atoms with Gasteiger partial charge < -0.3 is 25.0 Å². The van der Waals surface area contributed by atoms with Crippen molar-refractivity contribution in [2.75, 3.05) is 25.1 Å². The first-order valence-electron chi connectivity index (χ1n) is 11.9. The number of aromatic nitrogens is 1. The van der Waals surface area contributed by atoms with Crippen molar-refractivity contribution in [3.05, 3.63) is 78.1 Å². The van der Waals surface area contributed by atoms with E-state index in [1.807, 2.05) is 42.5 Å². The zero-order valence-electron chi connectivity index (χ0n) is 19.9. The third-order valence-electron chi connectivity index (χ3n) is 6.05. The van der Waals surface area contributed by atoms with E-state index in [0.717, 1.165) is 24.9 Å². The number of pyridine rings is 1. The number of amides is 2. The first-order chi connectivity index (χ1) is 17.6. The van der Waals surface area contributed by atoms with Gasteiger partial charge in [-0.05, 0) is 55.8 Å². The van der Waals surface area contributed by atoms with E-state index < -0.39 is 11.9 Å². The molecule has 0 aliphatic carbocycles. The number of benzene rings is 2. The van der Waals surface area contributed by atoms with Crippen LogP contribution in [0.15, 0.2) is 66.9 Å². The Morgan fingerprint density at radius 2 is 2.03 bits per heavy atom. The van der Waals surface area contributed by atoms with Crippen LogP contribution in [0.2, 0.25) is 0 Å². The molecule has 3 heterocycles. The van der Waals surface area contributed by atoms with E-state index in [1.165, 1.54) is 17.2 Å². The van der Waals surface area contributed by atoms with Crippen LogP contribution in [0.3, 0.4) is 0 Å². The fourth-order valence-corrected chi connectivity index (χ4v) is 4.11. The second-order valence-corrected chi connectivity index (χ2v) is 8.63. The predicted molar refractivity (Wildman–Crippen MR) is 135 cm³/mol. The first-order valence-corrected chi connectivity index (χ1v) is 11.9. The monoisotopic (exact) mass is 482 g/mol. The van der Waals surface area contributed by atoms with Crippen LogP contribution in [0.4, 0.5) is 5.69 Å². The van der Waals surface area contributed by atoms with E-state index in [4.69, 9.17) is 9.47 Å². The average Bonchev–Trinajstić information content (AvgIpc) is 3.40. The molecule has 2 N–H and O–H groups in total. The second-order valence-electron chi connectivity index (χ2n) is 8.63. The van der Waals surface area contributed by atoms with Crippen LogP contribution in [0.25, 0.3) is 0 Å². The fraction of sp³-hybridized carbons (Fsp3) is 0.250. The molecule has 2 aliphatic heterocycles. The quantitative estimate of drug-likeness (QED) is 0.555. The maximum Gasteiger partial charge on any atom is 0.270 e. The van der Waals surface area contributed by atoms with Crippen molar-refractivity contribution in [2.45, 2.75) is 24.9 Å². The number of nitrogens with one attached hydrogen (secondary N) is 2.